The van der Waals surface area contributed by atoms with Gasteiger partial charge in [0.1, 0.15) is 5.82 Å². The summed E-state index contributed by atoms with van der Waals surface area (Å²) in [5.74, 6) is 0.495. The maximum absolute atomic E-state index is 11.7. The molecule has 6 nitrogen and oxygen atoms in total. The Kier molecular flexibility index (Phi) is 4.56. The Bertz CT molecular complexity index is 840. The fraction of sp³-hybridized carbons (Fsp3) is 0.167. The van der Waals surface area contributed by atoms with Crippen molar-refractivity contribution in [2.75, 3.05) is 10.6 Å². The van der Waals surface area contributed by atoms with Crippen molar-refractivity contribution >= 4 is 34.1 Å². The number of hydrogen-bond acceptors (Lipinski definition) is 4. The minimum atomic E-state index is -0.267. The quantitative estimate of drug-likeness (QED) is 0.681. The molecule has 0 bridgehead atoms. The predicted octanol–water partition coefficient (Wildman–Crippen LogP) is 3.90. The lowest BCUT2D eigenvalue weighted by molar-refractivity contribution is 0.250. The van der Waals surface area contributed by atoms with Crippen molar-refractivity contribution in [3.63, 3.8) is 0 Å². The number of urea groups is 1. The smallest absolute Gasteiger partial charge is 0.320 e. The molecule has 0 atom stereocenters. The van der Waals surface area contributed by atoms with Crippen LogP contribution in [0.1, 0.15) is 13.8 Å². The number of aromatic nitrogens is 2. The van der Waals surface area contributed by atoms with Gasteiger partial charge in [0.05, 0.1) is 23.1 Å². The number of benzene rings is 1. The lowest BCUT2D eigenvalue weighted by atomic mass is 10.2. The van der Waals surface area contributed by atoms with E-state index >= 15 is 0 Å². The third-order valence-corrected chi connectivity index (χ3v) is 3.34. The molecule has 0 aliphatic carbocycles. The van der Waals surface area contributed by atoms with Crippen LogP contribution in [-0.4, -0.2) is 22.0 Å². The van der Waals surface area contributed by atoms with Crippen molar-refractivity contribution in [1.29, 1.82) is 0 Å². The van der Waals surface area contributed by atoms with Gasteiger partial charge >= 0.3 is 6.03 Å². The van der Waals surface area contributed by atoms with Crippen LogP contribution in [0.15, 0.2) is 54.9 Å². The van der Waals surface area contributed by atoms with Gasteiger partial charge in [-0.15, -0.1) is 0 Å². The minimum absolute atomic E-state index is 0.0739. The number of carbonyl (C=O) groups is 1. The monoisotopic (exact) mass is 321 g/mol. The number of para-hydroxylation sites is 1. The number of amides is 2. The second-order valence-corrected chi connectivity index (χ2v) is 5.69. The number of nitrogens with one attached hydrogen (secondary N) is 3. The zero-order valence-electron chi connectivity index (χ0n) is 13.6. The average Bonchev–Trinajstić information content (AvgIpc) is 2.56. The molecule has 0 unspecified atom stereocenters. The zero-order valence-corrected chi connectivity index (χ0v) is 13.6. The number of fused-ring (bicyclic) bond motifs is 1. The van der Waals surface area contributed by atoms with Crippen LogP contribution in [0.5, 0.6) is 0 Å². The van der Waals surface area contributed by atoms with Crippen LogP contribution in [0.4, 0.5) is 22.0 Å². The van der Waals surface area contributed by atoms with Crippen LogP contribution in [0.2, 0.25) is 0 Å². The van der Waals surface area contributed by atoms with Gasteiger partial charge in [-0.25, -0.2) is 9.78 Å². The lowest BCUT2D eigenvalue weighted by Crippen LogP contribution is -2.34. The van der Waals surface area contributed by atoms with Crippen LogP contribution >= 0.6 is 0 Å². The van der Waals surface area contributed by atoms with E-state index in [2.05, 4.69) is 25.9 Å². The fourth-order valence-corrected chi connectivity index (χ4v) is 2.32. The highest BCUT2D eigenvalue weighted by Crippen LogP contribution is 2.24. The summed E-state index contributed by atoms with van der Waals surface area (Å²) in [5.41, 5.74) is 2.63. The lowest BCUT2D eigenvalue weighted by Gasteiger charge is -2.11. The highest BCUT2D eigenvalue weighted by molar-refractivity contribution is 5.92. The van der Waals surface area contributed by atoms with Gasteiger partial charge in [-0.2, -0.15) is 0 Å². The second-order valence-electron chi connectivity index (χ2n) is 5.69. The second kappa shape index (κ2) is 6.95. The van der Waals surface area contributed by atoms with Gasteiger partial charge in [0, 0.05) is 17.6 Å². The maximum Gasteiger partial charge on any atom is 0.320 e. The third kappa shape index (κ3) is 3.78. The average molecular weight is 321 g/mol. The Balaban J connectivity index is 1.73. The van der Waals surface area contributed by atoms with Gasteiger partial charge in [-0.05, 0) is 38.1 Å². The van der Waals surface area contributed by atoms with Crippen molar-refractivity contribution < 1.29 is 4.79 Å². The van der Waals surface area contributed by atoms with E-state index in [1.165, 1.54) is 0 Å². The predicted molar refractivity (Wildman–Crippen MR) is 96.6 cm³/mol. The van der Waals surface area contributed by atoms with E-state index in [0.29, 0.717) is 5.82 Å². The summed E-state index contributed by atoms with van der Waals surface area (Å²) in [7, 11) is 0. The molecule has 0 aliphatic heterocycles. The van der Waals surface area contributed by atoms with Crippen LogP contribution in [-0.2, 0) is 0 Å². The van der Waals surface area contributed by atoms with Crippen molar-refractivity contribution in [3.05, 3.63) is 54.9 Å². The Labute approximate surface area is 140 Å². The SMILES string of the molecule is CC(C)NC(=O)Nc1ccc(Nc2cccc3cccnc23)cn1. The summed E-state index contributed by atoms with van der Waals surface area (Å²) in [4.78, 5) is 20.3. The molecule has 1 aromatic carbocycles. The molecule has 0 saturated heterocycles. The van der Waals surface area contributed by atoms with E-state index in [-0.39, 0.29) is 12.1 Å². The summed E-state index contributed by atoms with van der Waals surface area (Å²) in [5, 5.41) is 9.82. The highest BCUT2D eigenvalue weighted by atomic mass is 16.2. The standard InChI is InChI=1S/C18H19N5O/c1-12(2)21-18(24)23-16-9-8-14(11-20-16)22-15-7-3-5-13-6-4-10-19-17(13)15/h3-12,22H,1-2H3,(H2,20,21,23,24). The topological polar surface area (TPSA) is 78.9 Å². The molecule has 2 amide bonds. The molecule has 0 saturated carbocycles. The normalized spacial score (nSPS) is 10.6. The summed E-state index contributed by atoms with van der Waals surface area (Å²) >= 11 is 0. The molecule has 122 valence electrons. The van der Waals surface area contributed by atoms with E-state index in [4.69, 9.17) is 0 Å². The van der Waals surface area contributed by atoms with E-state index < -0.39 is 0 Å². The van der Waals surface area contributed by atoms with E-state index in [1.54, 1.807) is 18.5 Å². The summed E-state index contributed by atoms with van der Waals surface area (Å²) < 4.78 is 0. The van der Waals surface area contributed by atoms with Gasteiger partial charge in [0.25, 0.3) is 0 Å². The highest BCUT2D eigenvalue weighted by Gasteiger charge is 2.05. The van der Waals surface area contributed by atoms with Crippen LogP contribution in [0.3, 0.4) is 0 Å². The maximum atomic E-state index is 11.7. The van der Waals surface area contributed by atoms with Crippen molar-refractivity contribution in [2.45, 2.75) is 19.9 Å². The molecular formula is C18H19N5O. The van der Waals surface area contributed by atoms with Crippen molar-refractivity contribution in [3.8, 4) is 0 Å². The Morgan fingerprint density at radius 3 is 2.62 bits per heavy atom. The number of anilines is 3. The first-order chi connectivity index (χ1) is 11.6. The van der Waals surface area contributed by atoms with Gasteiger partial charge in [0.2, 0.25) is 0 Å². The molecule has 6 heteroatoms. The van der Waals surface area contributed by atoms with Gasteiger partial charge in [-0.1, -0.05) is 18.2 Å². The van der Waals surface area contributed by atoms with Gasteiger partial charge < -0.3 is 10.6 Å². The Hall–Kier alpha value is -3.15. The number of rotatable bonds is 4. The third-order valence-electron chi connectivity index (χ3n) is 3.34. The van der Waals surface area contributed by atoms with Crippen molar-refractivity contribution in [1.82, 2.24) is 15.3 Å². The molecule has 3 rings (SSSR count). The number of nitrogens with zero attached hydrogens (tertiary/aromatic N) is 2. The molecular weight excluding hydrogens is 302 g/mol. The number of pyridine rings is 2. The molecule has 2 heterocycles. The molecule has 3 N–H and O–H groups in total. The zero-order chi connectivity index (χ0) is 16.9. The molecule has 0 radical (unpaired) electrons. The van der Waals surface area contributed by atoms with Gasteiger partial charge in [-0.3, -0.25) is 10.3 Å². The molecule has 24 heavy (non-hydrogen) atoms. The largest absolute Gasteiger partial charge is 0.352 e. The Morgan fingerprint density at radius 1 is 1.04 bits per heavy atom. The first-order valence-corrected chi connectivity index (χ1v) is 7.76. The minimum Gasteiger partial charge on any atom is -0.352 e. The summed E-state index contributed by atoms with van der Waals surface area (Å²) in [6.07, 6.45) is 3.44. The van der Waals surface area contributed by atoms with Crippen molar-refractivity contribution in [2.24, 2.45) is 0 Å². The van der Waals surface area contributed by atoms with Crippen LogP contribution < -0.4 is 16.0 Å². The van der Waals surface area contributed by atoms with Crippen LogP contribution in [0, 0.1) is 0 Å². The first kappa shape index (κ1) is 15.7. The van der Waals surface area contributed by atoms with E-state index in [0.717, 1.165) is 22.3 Å². The van der Waals surface area contributed by atoms with Gasteiger partial charge in [0.15, 0.2) is 0 Å². The van der Waals surface area contributed by atoms with Crippen LogP contribution in [0.25, 0.3) is 10.9 Å². The van der Waals surface area contributed by atoms with E-state index in [9.17, 15) is 4.79 Å². The first-order valence-electron chi connectivity index (χ1n) is 7.76. The summed E-state index contributed by atoms with van der Waals surface area (Å²) in [6.45, 7) is 3.80. The van der Waals surface area contributed by atoms with E-state index in [1.807, 2.05) is 50.2 Å². The molecule has 0 fully saturated rings. The summed E-state index contributed by atoms with van der Waals surface area (Å²) in [6, 6.07) is 13.3. The number of hydrogen-bond donors (Lipinski definition) is 3. The fourth-order valence-electron chi connectivity index (χ4n) is 2.32. The molecule has 0 spiro atoms. The molecule has 3 aromatic rings. The molecule has 2 aromatic heterocycles. The molecule has 0 aliphatic rings. The Morgan fingerprint density at radius 2 is 1.88 bits per heavy atom. The number of carbonyl (C=O) groups excluding carboxylic acids is 1.